The summed E-state index contributed by atoms with van der Waals surface area (Å²) < 4.78 is 13.5. The highest BCUT2D eigenvalue weighted by Gasteiger charge is 2.40. The number of rotatable bonds is 6. The summed E-state index contributed by atoms with van der Waals surface area (Å²) in [4.78, 5) is 5.35. The Morgan fingerprint density at radius 2 is 1.88 bits per heavy atom. The minimum Gasteiger partial charge on any atom is -0.391 e. The monoisotopic (exact) mass is 325 g/mol. The van der Waals surface area contributed by atoms with Crippen LogP contribution in [0.1, 0.15) is 55.7 Å². The third kappa shape index (κ3) is 3.84. The van der Waals surface area contributed by atoms with Crippen LogP contribution in [0.5, 0.6) is 0 Å². The van der Waals surface area contributed by atoms with Crippen LogP contribution >= 0.6 is 0 Å². The normalized spacial score (nSPS) is 20.3. The zero-order valence-electron chi connectivity index (χ0n) is 14.5. The topological polar surface area (TPSA) is 21.6 Å². The van der Waals surface area contributed by atoms with Gasteiger partial charge in [-0.05, 0) is 42.4 Å². The van der Waals surface area contributed by atoms with Gasteiger partial charge >= 0.3 is 0 Å². The maximum absolute atomic E-state index is 13.5. The average Bonchev–Trinajstić information content (AvgIpc) is 3.37. The molecule has 0 aliphatic heterocycles. The van der Waals surface area contributed by atoms with Crippen LogP contribution in [-0.4, -0.2) is 5.71 Å². The van der Waals surface area contributed by atoms with Crippen LogP contribution in [0.2, 0.25) is 0 Å². The molecule has 0 radical (unpaired) electrons. The van der Waals surface area contributed by atoms with Gasteiger partial charge in [0.15, 0.2) is 0 Å². The Kier molecular flexibility index (Phi) is 4.98. The quantitative estimate of drug-likeness (QED) is 0.497. The maximum atomic E-state index is 13.5. The minimum atomic E-state index is -0.250. The highest BCUT2D eigenvalue weighted by atomic mass is 19.1. The lowest BCUT2D eigenvalue weighted by Crippen LogP contribution is -2.00. The van der Waals surface area contributed by atoms with Crippen LogP contribution in [0.4, 0.5) is 4.39 Å². The van der Waals surface area contributed by atoms with Gasteiger partial charge in [-0.25, -0.2) is 4.39 Å². The van der Waals surface area contributed by atoms with Crippen LogP contribution in [0.15, 0.2) is 53.7 Å². The Hall–Kier alpha value is -2.16. The zero-order chi connectivity index (χ0) is 17.1. The molecular formula is C21H24FNO. The average molecular weight is 325 g/mol. The second-order valence-electron chi connectivity index (χ2n) is 6.87. The first-order valence-corrected chi connectivity index (χ1v) is 8.56. The second kappa shape index (κ2) is 7.16. The first kappa shape index (κ1) is 16.7. The van der Waals surface area contributed by atoms with Crippen LogP contribution in [0, 0.1) is 11.7 Å². The number of halogens is 1. The number of oxime groups is 1. The van der Waals surface area contributed by atoms with Crippen molar-refractivity contribution in [3.05, 3.63) is 71.0 Å². The molecule has 2 nitrogen and oxygen atoms in total. The van der Waals surface area contributed by atoms with Crippen LogP contribution < -0.4 is 0 Å². The molecule has 0 saturated heterocycles. The SMILES string of the molecule is CC(=NOCc1ccccc1F)C1CC1c1ccc(C(C)C)cc1. The van der Waals surface area contributed by atoms with Gasteiger partial charge in [-0.15, -0.1) is 0 Å². The molecule has 1 fully saturated rings. The number of hydrogen-bond donors (Lipinski definition) is 0. The lowest BCUT2D eigenvalue weighted by atomic mass is 9.99. The molecule has 3 heteroatoms. The van der Waals surface area contributed by atoms with Crippen molar-refractivity contribution in [2.24, 2.45) is 11.1 Å². The molecule has 1 saturated carbocycles. The van der Waals surface area contributed by atoms with Gasteiger partial charge < -0.3 is 4.84 Å². The predicted molar refractivity (Wildman–Crippen MR) is 95.7 cm³/mol. The van der Waals surface area contributed by atoms with E-state index in [-0.39, 0.29) is 12.4 Å². The first-order valence-electron chi connectivity index (χ1n) is 8.56. The number of benzene rings is 2. The molecule has 24 heavy (non-hydrogen) atoms. The molecular weight excluding hydrogens is 301 g/mol. The third-order valence-electron chi connectivity index (χ3n) is 4.74. The van der Waals surface area contributed by atoms with E-state index in [9.17, 15) is 4.39 Å². The Morgan fingerprint density at radius 1 is 1.17 bits per heavy atom. The highest BCUT2D eigenvalue weighted by Crippen LogP contribution is 2.48. The maximum Gasteiger partial charge on any atom is 0.145 e. The minimum absolute atomic E-state index is 0.171. The summed E-state index contributed by atoms with van der Waals surface area (Å²) >= 11 is 0. The van der Waals surface area contributed by atoms with Gasteiger partial charge in [-0.2, -0.15) is 0 Å². The molecule has 1 aliphatic carbocycles. The van der Waals surface area contributed by atoms with E-state index in [1.54, 1.807) is 18.2 Å². The third-order valence-corrected chi connectivity index (χ3v) is 4.74. The molecule has 0 amide bonds. The van der Waals surface area contributed by atoms with Gasteiger partial charge in [0.05, 0.1) is 5.71 Å². The molecule has 126 valence electrons. The van der Waals surface area contributed by atoms with Gasteiger partial charge in [-0.3, -0.25) is 0 Å². The smallest absolute Gasteiger partial charge is 0.145 e. The van der Waals surface area contributed by atoms with Crippen molar-refractivity contribution in [3.8, 4) is 0 Å². The van der Waals surface area contributed by atoms with Crippen molar-refractivity contribution >= 4 is 5.71 Å². The van der Waals surface area contributed by atoms with Gasteiger partial charge in [0.1, 0.15) is 12.4 Å². The predicted octanol–water partition coefficient (Wildman–Crippen LogP) is 5.65. The highest BCUT2D eigenvalue weighted by molar-refractivity contribution is 5.87. The van der Waals surface area contributed by atoms with Gasteiger partial charge in [0, 0.05) is 11.5 Å². The summed E-state index contributed by atoms with van der Waals surface area (Å²) in [5.41, 5.74) is 4.26. The van der Waals surface area contributed by atoms with Crippen LogP contribution in [0.25, 0.3) is 0 Å². The van der Waals surface area contributed by atoms with Crippen molar-refractivity contribution in [2.75, 3.05) is 0 Å². The van der Waals surface area contributed by atoms with Crippen LogP contribution in [-0.2, 0) is 11.4 Å². The van der Waals surface area contributed by atoms with E-state index < -0.39 is 0 Å². The Bertz CT molecular complexity index is 721. The van der Waals surface area contributed by atoms with Crippen molar-refractivity contribution in [1.82, 2.24) is 0 Å². The van der Waals surface area contributed by atoms with Gasteiger partial charge in [0.2, 0.25) is 0 Å². The van der Waals surface area contributed by atoms with Crippen LogP contribution in [0.3, 0.4) is 0 Å². The molecule has 0 bridgehead atoms. The van der Waals surface area contributed by atoms with Crippen molar-refractivity contribution in [1.29, 1.82) is 0 Å². The molecule has 1 aliphatic rings. The van der Waals surface area contributed by atoms with Gasteiger partial charge in [-0.1, -0.05) is 61.5 Å². The summed E-state index contributed by atoms with van der Waals surface area (Å²) in [6.07, 6.45) is 1.11. The summed E-state index contributed by atoms with van der Waals surface area (Å²) in [7, 11) is 0. The Morgan fingerprint density at radius 3 is 2.54 bits per heavy atom. The zero-order valence-corrected chi connectivity index (χ0v) is 14.5. The van der Waals surface area contributed by atoms with E-state index >= 15 is 0 Å². The van der Waals surface area contributed by atoms with E-state index in [1.165, 1.54) is 17.2 Å². The summed E-state index contributed by atoms with van der Waals surface area (Å²) in [5, 5.41) is 4.19. The number of hydrogen-bond acceptors (Lipinski definition) is 2. The molecule has 2 atom stereocenters. The molecule has 0 aromatic heterocycles. The Labute approximate surface area is 143 Å². The van der Waals surface area contributed by atoms with E-state index in [0.717, 1.165) is 12.1 Å². The molecule has 0 N–H and O–H groups in total. The van der Waals surface area contributed by atoms with E-state index in [1.807, 2.05) is 6.92 Å². The van der Waals surface area contributed by atoms with E-state index in [0.29, 0.717) is 23.3 Å². The molecule has 0 heterocycles. The first-order chi connectivity index (χ1) is 11.6. The standard InChI is InChI=1S/C21H24FNO/c1-14(2)16-8-10-17(11-9-16)20-12-19(20)15(3)23-24-13-18-6-4-5-7-21(18)22/h4-11,14,19-20H,12-13H2,1-3H3. The fourth-order valence-corrected chi connectivity index (χ4v) is 3.04. The van der Waals surface area contributed by atoms with Gasteiger partial charge in [0.25, 0.3) is 0 Å². The molecule has 2 aromatic carbocycles. The molecule has 3 rings (SSSR count). The summed E-state index contributed by atoms with van der Waals surface area (Å²) in [6, 6.07) is 15.5. The largest absolute Gasteiger partial charge is 0.391 e. The molecule has 2 aromatic rings. The fourth-order valence-electron chi connectivity index (χ4n) is 3.04. The van der Waals surface area contributed by atoms with Crippen molar-refractivity contribution in [2.45, 2.75) is 45.6 Å². The molecule has 0 spiro atoms. The van der Waals surface area contributed by atoms with E-state index in [2.05, 4.69) is 43.3 Å². The molecule has 2 unspecified atom stereocenters. The number of nitrogens with zero attached hydrogens (tertiary/aromatic N) is 1. The van der Waals surface area contributed by atoms with Crippen molar-refractivity contribution in [3.63, 3.8) is 0 Å². The second-order valence-corrected chi connectivity index (χ2v) is 6.87. The summed E-state index contributed by atoms with van der Waals surface area (Å²) in [5.74, 6) is 1.28. The lowest BCUT2D eigenvalue weighted by Gasteiger charge is -2.07. The lowest BCUT2D eigenvalue weighted by molar-refractivity contribution is 0.127. The van der Waals surface area contributed by atoms with Crippen molar-refractivity contribution < 1.29 is 9.23 Å². The Balaban J connectivity index is 1.55. The fraction of sp³-hybridized carbons (Fsp3) is 0.381. The summed E-state index contributed by atoms with van der Waals surface area (Å²) in [6.45, 7) is 6.58. The van der Waals surface area contributed by atoms with E-state index in [4.69, 9.17) is 4.84 Å².